The van der Waals surface area contributed by atoms with Crippen molar-refractivity contribution in [1.29, 1.82) is 0 Å². The fourth-order valence-corrected chi connectivity index (χ4v) is 1.36. The second-order valence-corrected chi connectivity index (χ2v) is 3.28. The third kappa shape index (κ3) is 2.28. The monoisotopic (exact) mass is 216 g/mol. The molecule has 0 unspecified atom stereocenters. The molecule has 0 spiro atoms. The van der Waals surface area contributed by atoms with Crippen LogP contribution in [0.4, 0.5) is 4.39 Å². The molecule has 2 aromatic rings. The van der Waals surface area contributed by atoms with Gasteiger partial charge in [0.2, 0.25) is 0 Å². The Bertz CT molecular complexity index is 499. The Kier molecular flexibility index (Phi) is 3.00. The van der Waals surface area contributed by atoms with Crippen LogP contribution in [0.3, 0.4) is 0 Å². The van der Waals surface area contributed by atoms with Gasteiger partial charge in [-0.1, -0.05) is 6.07 Å². The van der Waals surface area contributed by atoms with Crippen molar-refractivity contribution in [3.8, 4) is 0 Å². The summed E-state index contributed by atoms with van der Waals surface area (Å²) in [7, 11) is 0. The Hall–Kier alpha value is -2.10. The van der Waals surface area contributed by atoms with Crippen LogP contribution in [0.15, 0.2) is 42.9 Å². The smallest absolute Gasteiger partial charge is 0.171 e. The van der Waals surface area contributed by atoms with Crippen LogP contribution < -0.4 is 0 Å². The predicted molar refractivity (Wildman–Crippen MR) is 56.5 cm³/mol. The predicted octanol–water partition coefficient (Wildman–Crippen LogP) is 2.04. The number of Topliss-reactive ketones (excluding diaryl/α,β-unsaturated/α-hetero) is 1. The number of carbonyl (C=O) groups is 1. The van der Waals surface area contributed by atoms with Crippen LogP contribution in [0.1, 0.15) is 16.1 Å². The molecule has 80 valence electrons. The van der Waals surface area contributed by atoms with Crippen LogP contribution in [0.5, 0.6) is 0 Å². The highest BCUT2D eigenvalue weighted by molar-refractivity contribution is 5.97. The summed E-state index contributed by atoms with van der Waals surface area (Å²) in [5.74, 6) is -0.887. The van der Waals surface area contributed by atoms with E-state index in [9.17, 15) is 9.18 Å². The second kappa shape index (κ2) is 4.61. The summed E-state index contributed by atoms with van der Waals surface area (Å²) < 4.78 is 13.2. The summed E-state index contributed by atoms with van der Waals surface area (Å²) in [5, 5.41) is 0. The number of hydrogen-bond acceptors (Lipinski definition) is 3. The molecule has 0 bridgehead atoms. The molecule has 0 aliphatic carbocycles. The molecule has 0 N–H and O–H groups in total. The lowest BCUT2D eigenvalue weighted by molar-refractivity contribution is 0.0988. The molecular weight excluding hydrogens is 207 g/mol. The molecule has 0 aliphatic rings. The van der Waals surface area contributed by atoms with E-state index in [0.29, 0.717) is 5.69 Å². The number of carbonyl (C=O) groups excluding carboxylic acids is 1. The number of nitrogens with zero attached hydrogens (tertiary/aromatic N) is 2. The Labute approximate surface area is 92.0 Å². The number of pyridine rings is 2. The maximum absolute atomic E-state index is 13.2. The minimum Gasteiger partial charge on any atom is -0.294 e. The molecule has 0 aliphatic heterocycles. The van der Waals surface area contributed by atoms with Gasteiger partial charge in [-0.2, -0.15) is 0 Å². The van der Waals surface area contributed by atoms with E-state index in [1.165, 1.54) is 12.3 Å². The summed E-state index contributed by atoms with van der Waals surface area (Å²) in [6, 6.07) is 6.66. The molecule has 2 rings (SSSR count). The van der Waals surface area contributed by atoms with E-state index in [1.807, 2.05) is 0 Å². The van der Waals surface area contributed by atoms with Crippen molar-refractivity contribution in [3.63, 3.8) is 0 Å². The zero-order chi connectivity index (χ0) is 11.4. The molecule has 0 amide bonds. The zero-order valence-electron chi connectivity index (χ0n) is 8.43. The van der Waals surface area contributed by atoms with Gasteiger partial charge in [-0.05, 0) is 18.2 Å². The largest absolute Gasteiger partial charge is 0.294 e. The summed E-state index contributed by atoms with van der Waals surface area (Å²) in [5.41, 5.74) is 0.685. The van der Waals surface area contributed by atoms with E-state index < -0.39 is 5.82 Å². The highest BCUT2D eigenvalue weighted by Crippen LogP contribution is 2.08. The van der Waals surface area contributed by atoms with Crippen molar-refractivity contribution < 1.29 is 9.18 Å². The highest BCUT2D eigenvalue weighted by Gasteiger charge is 2.12. The Morgan fingerprint density at radius 1 is 1.25 bits per heavy atom. The van der Waals surface area contributed by atoms with Crippen LogP contribution in [0.2, 0.25) is 0 Å². The van der Waals surface area contributed by atoms with E-state index in [2.05, 4.69) is 9.97 Å². The van der Waals surface area contributed by atoms with Crippen LogP contribution >= 0.6 is 0 Å². The number of rotatable bonds is 3. The first-order chi connectivity index (χ1) is 7.77. The number of aromatic nitrogens is 2. The summed E-state index contributed by atoms with van der Waals surface area (Å²) in [4.78, 5) is 19.3. The molecule has 4 heteroatoms. The maximum atomic E-state index is 13.2. The van der Waals surface area contributed by atoms with Gasteiger partial charge in [-0.25, -0.2) is 4.39 Å². The molecular formula is C12H9FN2O. The Balaban J connectivity index is 2.19. The third-order valence-electron chi connectivity index (χ3n) is 2.14. The fraction of sp³-hybridized carbons (Fsp3) is 0.0833. The van der Waals surface area contributed by atoms with Crippen molar-refractivity contribution in [2.75, 3.05) is 0 Å². The first-order valence-electron chi connectivity index (χ1n) is 4.80. The molecule has 2 aromatic heterocycles. The van der Waals surface area contributed by atoms with Gasteiger partial charge < -0.3 is 0 Å². The quantitative estimate of drug-likeness (QED) is 0.737. The summed E-state index contributed by atoms with van der Waals surface area (Å²) >= 11 is 0. The SMILES string of the molecule is O=C(Cc1ccccn1)c1ccncc1F. The van der Waals surface area contributed by atoms with Gasteiger partial charge in [0.05, 0.1) is 18.2 Å². The van der Waals surface area contributed by atoms with Gasteiger partial charge in [0.1, 0.15) is 0 Å². The minimum atomic E-state index is -0.594. The van der Waals surface area contributed by atoms with Crippen LogP contribution in [-0.4, -0.2) is 15.8 Å². The summed E-state index contributed by atoms with van der Waals surface area (Å²) in [6.45, 7) is 0. The maximum Gasteiger partial charge on any atom is 0.171 e. The lowest BCUT2D eigenvalue weighted by Gasteiger charge is -2.01. The lowest BCUT2D eigenvalue weighted by Crippen LogP contribution is -2.07. The molecule has 0 saturated carbocycles. The molecule has 16 heavy (non-hydrogen) atoms. The van der Waals surface area contributed by atoms with E-state index in [0.717, 1.165) is 6.20 Å². The second-order valence-electron chi connectivity index (χ2n) is 3.28. The van der Waals surface area contributed by atoms with Crippen LogP contribution in [0, 0.1) is 5.82 Å². The first-order valence-corrected chi connectivity index (χ1v) is 4.80. The van der Waals surface area contributed by atoms with Gasteiger partial charge in [-0.3, -0.25) is 14.8 Å². The average molecular weight is 216 g/mol. The van der Waals surface area contributed by atoms with E-state index in [-0.39, 0.29) is 17.8 Å². The minimum absolute atomic E-state index is 0.0562. The van der Waals surface area contributed by atoms with Gasteiger partial charge in [0, 0.05) is 18.1 Å². The van der Waals surface area contributed by atoms with Crippen LogP contribution in [0.25, 0.3) is 0 Å². The Morgan fingerprint density at radius 3 is 2.81 bits per heavy atom. The lowest BCUT2D eigenvalue weighted by atomic mass is 10.1. The van der Waals surface area contributed by atoms with Gasteiger partial charge in [0.25, 0.3) is 0 Å². The van der Waals surface area contributed by atoms with Crippen LogP contribution in [-0.2, 0) is 6.42 Å². The van der Waals surface area contributed by atoms with Gasteiger partial charge in [-0.15, -0.1) is 0 Å². The van der Waals surface area contributed by atoms with E-state index in [1.54, 1.807) is 24.4 Å². The van der Waals surface area contributed by atoms with Gasteiger partial charge >= 0.3 is 0 Å². The van der Waals surface area contributed by atoms with E-state index >= 15 is 0 Å². The van der Waals surface area contributed by atoms with E-state index in [4.69, 9.17) is 0 Å². The molecule has 2 heterocycles. The molecule has 0 atom stereocenters. The molecule has 0 fully saturated rings. The molecule has 3 nitrogen and oxygen atoms in total. The first kappa shape index (κ1) is 10.4. The van der Waals surface area contributed by atoms with Crippen molar-refractivity contribution in [2.45, 2.75) is 6.42 Å². The zero-order valence-corrected chi connectivity index (χ0v) is 8.43. The third-order valence-corrected chi connectivity index (χ3v) is 2.14. The van der Waals surface area contributed by atoms with Crippen molar-refractivity contribution >= 4 is 5.78 Å². The molecule has 0 saturated heterocycles. The average Bonchev–Trinajstić information content (AvgIpc) is 2.31. The standard InChI is InChI=1S/C12H9FN2O/c13-11-8-14-6-4-10(11)12(16)7-9-3-1-2-5-15-9/h1-6,8H,7H2. The van der Waals surface area contributed by atoms with Gasteiger partial charge in [0.15, 0.2) is 11.6 Å². The number of hydrogen-bond donors (Lipinski definition) is 0. The number of halogens is 1. The summed E-state index contributed by atoms with van der Waals surface area (Å²) in [6.07, 6.45) is 4.13. The fourth-order valence-electron chi connectivity index (χ4n) is 1.36. The number of ketones is 1. The highest BCUT2D eigenvalue weighted by atomic mass is 19.1. The van der Waals surface area contributed by atoms with Crippen molar-refractivity contribution in [3.05, 3.63) is 59.9 Å². The topological polar surface area (TPSA) is 42.9 Å². The van der Waals surface area contributed by atoms with Crippen molar-refractivity contribution in [1.82, 2.24) is 9.97 Å². The Morgan fingerprint density at radius 2 is 2.12 bits per heavy atom. The normalized spacial score (nSPS) is 10.1. The van der Waals surface area contributed by atoms with Crippen molar-refractivity contribution in [2.24, 2.45) is 0 Å². The molecule has 0 aromatic carbocycles. The molecule has 0 radical (unpaired) electrons.